The van der Waals surface area contributed by atoms with E-state index in [1.165, 1.54) is 4.90 Å². The SMILES string of the molecule is O=C(O)CCC(=O)N1CC[C@H](O)[C@@H](CCF)C1. The monoisotopic (exact) mass is 247 g/mol. The van der Waals surface area contributed by atoms with Crippen LogP contribution in [0.2, 0.25) is 0 Å². The Labute approximate surface area is 99.2 Å². The zero-order valence-corrected chi connectivity index (χ0v) is 9.64. The third-order valence-corrected chi connectivity index (χ3v) is 3.08. The van der Waals surface area contributed by atoms with Crippen molar-refractivity contribution < 1.29 is 24.2 Å². The molecule has 1 rings (SSSR count). The fraction of sp³-hybridized carbons (Fsp3) is 0.818. The first kappa shape index (κ1) is 13.9. The second kappa shape index (κ2) is 6.54. The lowest BCUT2D eigenvalue weighted by molar-refractivity contribution is -0.142. The number of likely N-dealkylation sites (tertiary alicyclic amines) is 1. The summed E-state index contributed by atoms with van der Waals surface area (Å²) in [6.45, 7) is 0.227. The number of halogens is 1. The van der Waals surface area contributed by atoms with Crippen molar-refractivity contribution in [2.45, 2.75) is 31.8 Å². The number of rotatable bonds is 5. The second-order valence-corrected chi connectivity index (χ2v) is 4.33. The van der Waals surface area contributed by atoms with Crippen molar-refractivity contribution in [2.75, 3.05) is 19.8 Å². The normalized spacial score (nSPS) is 24.7. The molecule has 1 fully saturated rings. The first-order valence-electron chi connectivity index (χ1n) is 5.78. The highest BCUT2D eigenvalue weighted by atomic mass is 19.1. The zero-order chi connectivity index (χ0) is 12.8. The molecular formula is C11H18FNO4. The number of piperidine rings is 1. The highest BCUT2D eigenvalue weighted by Crippen LogP contribution is 2.21. The molecule has 0 radical (unpaired) electrons. The summed E-state index contributed by atoms with van der Waals surface area (Å²) in [7, 11) is 0. The fourth-order valence-corrected chi connectivity index (χ4v) is 2.04. The van der Waals surface area contributed by atoms with Crippen LogP contribution in [0.1, 0.15) is 25.7 Å². The van der Waals surface area contributed by atoms with Gasteiger partial charge in [0.1, 0.15) is 0 Å². The van der Waals surface area contributed by atoms with E-state index in [-0.39, 0.29) is 31.1 Å². The molecule has 6 heteroatoms. The van der Waals surface area contributed by atoms with Crippen LogP contribution >= 0.6 is 0 Å². The van der Waals surface area contributed by atoms with Crippen molar-refractivity contribution in [3.63, 3.8) is 0 Å². The van der Waals surface area contributed by atoms with Crippen LogP contribution in [-0.4, -0.2) is 52.9 Å². The number of alkyl halides is 1. The molecule has 1 aliphatic rings. The van der Waals surface area contributed by atoms with Gasteiger partial charge in [0.05, 0.1) is 19.2 Å². The molecule has 1 heterocycles. The average Bonchev–Trinajstić information content (AvgIpc) is 2.29. The van der Waals surface area contributed by atoms with E-state index in [2.05, 4.69) is 0 Å². The number of hydrogen-bond acceptors (Lipinski definition) is 3. The Morgan fingerprint density at radius 1 is 1.35 bits per heavy atom. The van der Waals surface area contributed by atoms with Crippen LogP contribution in [-0.2, 0) is 9.59 Å². The van der Waals surface area contributed by atoms with Crippen molar-refractivity contribution in [3.8, 4) is 0 Å². The van der Waals surface area contributed by atoms with Crippen molar-refractivity contribution in [3.05, 3.63) is 0 Å². The molecule has 0 aliphatic carbocycles. The van der Waals surface area contributed by atoms with E-state index in [0.717, 1.165) is 0 Å². The Morgan fingerprint density at radius 3 is 2.65 bits per heavy atom. The van der Waals surface area contributed by atoms with Gasteiger partial charge in [-0.05, 0) is 12.8 Å². The molecule has 2 atom stereocenters. The van der Waals surface area contributed by atoms with Crippen LogP contribution in [0.5, 0.6) is 0 Å². The summed E-state index contributed by atoms with van der Waals surface area (Å²) in [6.07, 6.45) is -0.110. The summed E-state index contributed by atoms with van der Waals surface area (Å²) in [5.74, 6) is -1.47. The van der Waals surface area contributed by atoms with E-state index < -0.39 is 18.7 Å². The maximum absolute atomic E-state index is 12.2. The van der Waals surface area contributed by atoms with Crippen LogP contribution in [0, 0.1) is 5.92 Å². The molecular weight excluding hydrogens is 229 g/mol. The largest absolute Gasteiger partial charge is 0.481 e. The van der Waals surface area contributed by atoms with Crippen LogP contribution in [0.3, 0.4) is 0 Å². The molecule has 0 aromatic heterocycles. The molecule has 0 saturated carbocycles. The predicted molar refractivity (Wildman–Crippen MR) is 58.2 cm³/mol. The number of carbonyl (C=O) groups is 2. The van der Waals surface area contributed by atoms with Crippen molar-refractivity contribution in [1.29, 1.82) is 0 Å². The topological polar surface area (TPSA) is 77.8 Å². The van der Waals surface area contributed by atoms with Gasteiger partial charge >= 0.3 is 5.97 Å². The quantitative estimate of drug-likeness (QED) is 0.738. The second-order valence-electron chi connectivity index (χ2n) is 4.33. The number of carboxylic acids is 1. The Kier molecular flexibility index (Phi) is 5.34. The summed E-state index contributed by atoms with van der Waals surface area (Å²) in [6, 6.07) is 0. The van der Waals surface area contributed by atoms with Gasteiger partial charge in [0, 0.05) is 25.4 Å². The number of carbonyl (C=O) groups excluding carboxylic acids is 1. The van der Waals surface area contributed by atoms with Gasteiger partial charge in [-0.3, -0.25) is 14.0 Å². The minimum atomic E-state index is -1.00. The molecule has 1 amide bonds. The van der Waals surface area contributed by atoms with E-state index in [0.29, 0.717) is 19.5 Å². The van der Waals surface area contributed by atoms with Gasteiger partial charge < -0.3 is 15.1 Å². The van der Waals surface area contributed by atoms with Crippen LogP contribution < -0.4 is 0 Å². The summed E-state index contributed by atoms with van der Waals surface area (Å²) < 4.78 is 12.2. The van der Waals surface area contributed by atoms with Crippen molar-refractivity contribution in [2.24, 2.45) is 5.92 Å². The first-order chi connectivity index (χ1) is 8.04. The third-order valence-electron chi connectivity index (χ3n) is 3.08. The first-order valence-corrected chi connectivity index (χ1v) is 5.78. The highest BCUT2D eigenvalue weighted by molar-refractivity contribution is 5.80. The number of carboxylic acid groups (broad SMARTS) is 1. The lowest BCUT2D eigenvalue weighted by atomic mass is 9.92. The standard InChI is InChI=1S/C11H18FNO4/c12-5-3-8-7-13(6-4-9(8)14)10(15)1-2-11(16)17/h8-9,14H,1-7H2,(H,16,17)/t8-,9-/m0/s1. The molecule has 5 nitrogen and oxygen atoms in total. The van der Waals surface area contributed by atoms with Gasteiger partial charge in [0.25, 0.3) is 0 Å². The van der Waals surface area contributed by atoms with Gasteiger partial charge in [-0.2, -0.15) is 0 Å². The molecule has 98 valence electrons. The van der Waals surface area contributed by atoms with E-state index in [9.17, 15) is 19.1 Å². The number of aliphatic carboxylic acids is 1. The lowest BCUT2D eigenvalue weighted by Gasteiger charge is -2.35. The van der Waals surface area contributed by atoms with E-state index in [1.807, 2.05) is 0 Å². The van der Waals surface area contributed by atoms with Gasteiger partial charge in [-0.1, -0.05) is 0 Å². The van der Waals surface area contributed by atoms with Gasteiger partial charge in [-0.25, -0.2) is 0 Å². The summed E-state index contributed by atoms with van der Waals surface area (Å²) in [5.41, 5.74) is 0. The van der Waals surface area contributed by atoms with Gasteiger partial charge in [0.15, 0.2) is 0 Å². The van der Waals surface area contributed by atoms with Gasteiger partial charge in [-0.15, -0.1) is 0 Å². The molecule has 0 bridgehead atoms. The molecule has 0 aromatic rings. The minimum absolute atomic E-state index is 0.0340. The number of nitrogens with zero attached hydrogens (tertiary/aromatic N) is 1. The summed E-state index contributed by atoms with van der Waals surface area (Å²) in [5, 5.41) is 18.1. The molecule has 0 spiro atoms. The molecule has 17 heavy (non-hydrogen) atoms. The average molecular weight is 247 g/mol. The van der Waals surface area contributed by atoms with Crippen LogP contribution in [0.4, 0.5) is 4.39 Å². The van der Waals surface area contributed by atoms with Crippen molar-refractivity contribution in [1.82, 2.24) is 4.90 Å². The zero-order valence-electron chi connectivity index (χ0n) is 9.64. The minimum Gasteiger partial charge on any atom is -0.481 e. The molecule has 0 aromatic carbocycles. The maximum atomic E-state index is 12.2. The van der Waals surface area contributed by atoms with Crippen LogP contribution in [0.25, 0.3) is 0 Å². The lowest BCUT2D eigenvalue weighted by Crippen LogP contribution is -2.46. The number of hydrogen-bond donors (Lipinski definition) is 2. The maximum Gasteiger partial charge on any atom is 0.303 e. The predicted octanol–water partition coefficient (Wildman–Crippen LogP) is 0.420. The Morgan fingerprint density at radius 2 is 2.06 bits per heavy atom. The van der Waals surface area contributed by atoms with E-state index >= 15 is 0 Å². The molecule has 0 unspecified atom stereocenters. The Hall–Kier alpha value is -1.17. The number of aliphatic hydroxyl groups excluding tert-OH is 1. The Bertz CT molecular complexity index is 285. The Balaban J connectivity index is 2.43. The van der Waals surface area contributed by atoms with E-state index in [4.69, 9.17) is 5.11 Å². The highest BCUT2D eigenvalue weighted by Gasteiger charge is 2.29. The van der Waals surface area contributed by atoms with Crippen LogP contribution in [0.15, 0.2) is 0 Å². The summed E-state index contributed by atoms with van der Waals surface area (Å²) >= 11 is 0. The fourth-order valence-electron chi connectivity index (χ4n) is 2.04. The van der Waals surface area contributed by atoms with Gasteiger partial charge in [0.2, 0.25) is 5.91 Å². The van der Waals surface area contributed by atoms with E-state index in [1.54, 1.807) is 0 Å². The third kappa shape index (κ3) is 4.30. The van der Waals surface area contributed by atoms with Crippen molar-refractivity contribution >= 4 is 11.9 Å². The number of amides is 1. The summed E-state index contributed by atoms with van der Waals surface area (Å²) in [4.78, 5) is 23.5. The number of aliphatic hydroxyl groups is 1. The molecule has 1 aliphatic heterocycles. The molecule has 2 N–H and O–H groups in total. The molecule has 1 saturated heterocycles. The smallest absolute Gasteiger partial charge is 0.303 e.